The smallest absolute Gasteiger partial charge is 0.119 e. The molecule has 106 valence electrons. The molecule has 0 amide bonds. The predicted molar refractivity (Wildman–Crippen MR) is 81.8 cm³/mol. The molecule has 1 nitrogen and oxygen atoms in total. The van der Waals surface area contributed by atoms with Crippen LogP contribution < -0.4 is 4.74 Å². The van der Waals surface area contributed by atoms with Gasteiger partial charge in [-0.1, -0.05) is 32.4 Å². The zero-order valence-electron chi connectivity index (χ0n) is 12.7. The van der Waals surface area contributed by atoms with E-state index < -0.39 is 0 Å². The third-order valence-corrected chi connectivity index (χ3v) is 4.71. The summed E-state index contributed by atoms with van der Waals surface area (Å²) in [5.41, 5.74) is 2.11. The van der Waals surface area contributed by atoms with E-state index in [1.165, 1.54) is 44.1 Å². The lowest BCUT2D eigenvalue weighted by Gasteiger charge is -2.37. The predicted octanol–water partition coefficient (Wildman–Crippen LogP) is 5.55. The monoisotopic (exact) mass is 260 g/mol. The first-order chi connectivity index (χ1) is 9.17. The first kappa shape index (κ1) is 14.4. The molecule has 1 fully saturated rings. The van der Waals surface area contributed by atoms with E-state index in [4.69, 9.17) is 4.74 Å². The standard InChI is InChI=1S/C18H28O/c1-4-12-18(3)13-10-16(11-14-18)15-6-8-17(9-7-15)19-5-2/h6-9,16H,4-5,10-14H2,1-3H3/t16-,18+. The van der Waals surface area contributed by atoms with Crippen LogP contribution in [-0.2, 0) is 0 Å². The van der Waals surface area contributed by atoms with Crippen LogP contribution in [0.5, 0.6) is 5.75 Å². The van der Waals surface area contributed by atoms with E-state index in [2.05, 4.69) is 38.1 Å². The molecule has 0 radical (unpaired) electrons. The summed E-state index contributed by atoms with van der Waals surface area (Å²) in [6.45, 7) is 7.57. The van der Waals surface area contributed by atoms with E-state index >= 15 is 0 Å². The van der Waals surface area contributed by atoms with Crippen LogP contribution in [-0.4, -0.2) is 6.61 Å². The van der Waals surface area contributed by atoms with Crippen molar-refractivity contribution in [1.82, 2.24) is 0 Å². The fourth-order valence-electron chi connectivity index (χ4n) is 3.50. The van der Waals surface area contributed by atoms with Crippen LogP contribution in [0.1, 0.15) is 70.8 Å². The molecule has 2 rings (SSSR count). The topological polar surface area (TPSA) is 9.23 Å². The van der Waals surface area contributed by atoms with Gasteiger partial charge in [-0.05, 0) is 68.1 Å². The van der Waals surface area contributed by atoms with Gasteiger partial charge in [-0.2, -0.15) is 0 Å². The van der Waals surface area contributed by atoms with Crippen LogP contribution in [0.15, 0.2) is 24.3 Å². The van der Waals surface area contributed by atoms with Crippen molar-refractivity contribution in [3.05, 3.63) is 29.8 Å². The summed E-state index contributed by atoms with van der Waals surface area (Å²) in [6, 6.07) is 8.77. The highest BCUT2D eigenvalue weighted by molar-refractivity contribution is 5.29. The normalized spacial score (nSPS) is 27.2. The molecule has 1 saturated carbocycles. The van der Waals surface area contributed by atoms with Crippen molar-refractivity contribution in [3.8, 4) is 5.75 Å². The Morgan fingerprint density at radius 2 is 1.74 bits per heavy atom. The summed E-state index contributed by atoms with van der Waals surface area (Å²) in [6.07, 6.45) is 8.19. The molecule has 1 aliphatic carbocycles. The van der Waals surface area contributed by atoms with Crippen LogP contribution in [0, 0.1) is 5.41 Å². The molecular formula is C18H28O. The number of hydrogen-bond donors (Lipinski definition) is 0. The molecule has 0 N–H and O–H groups in total. The maximum Gasteiger partial charge on any atom is 0.119 e. The maximum absolute atomic E-state index is 5.51. The van der Waals surface area contributed by atoms with E-state index in [1.807, 2.05) is 6.92 Å². The third-order valence-electron chi connectivity index (χ3n) is 4.71. The second-order valence-electron chi connectivity index (χ2n) is 6.34. The van der Waals surface area contributed by atoms with Gasteiger partial charge in [0.15, 0.2) is 0 Å². The second kappa shape index (κ2) is 6.45. The average Bonchev–Trinajstić information content (AvgIpc) is 2.41. The summed E-state index contributed by atoms with van der Waals surface area (Å²) in [5, 5.41) is 0. The Labute approximate surface area is 118 Å². The Bertz CT molecular complexity index is 371. The third kappa shape index (κ3) is 3.75. The van der Waals surface area contributed by atoms with Crippen molar-refractivity contribution in [2.75, 3.05) is 6.61 Å². The number of ether oxygens (including phenoxy) is 1. The molecule has 1 aliphatic rings. The highest BCUT2D eigenvalue weighted by atomic mass is 16.5. The molecule has 0 bridgehead atoms. The minimum atomic E-state index is 0.608. The Morgan fingerprint density at radius 3 is 2.26 bits per heavy atom. The van der Waals surface area contributed by atoms with Gasteiger partial charge in [-0.15, -0.1) is 0 Å². The summed E-state index contributed by atoms with van der Waals surface area (Å²) >= 11 is 0. The summed E-state index contributed by atoms with van der Waals surface area (Å²) in [4.78, 5) is 0. The van der Waals surface area contributed by atoms with Crippen LogP contribution in [0.2, 0.25) is 0 Å². The lowest BCUT2D eigenvalue weighted by atomic mass is 9.68. The lowest BCUT2D eigenvalue weighted by Crippen LogP contribution is -2.23. The fraction of sp³-hybridized carbons (Fsp3) is 0.667. The molecule has 19 heavy (non-hydrogen) atoms. The summed E-state index contributed by atoms with van der Waals surface area (Å²) < 4.78 is 5.51. The van der Waals surface area contributed by atoms with Gasteiger partial charge < -0.3 is 4.74 Å². The maximum atomic E-state index is 5.51. The quantitative estimate of drug-likeness (QED) is 0.674. The van der Waals surface area contributed by atoms with Crippen molar-refractivity contribution in [2.24, 2.45) is 5.41 Å². The molecule has 0 unspecified atom stereocenters. The highest BCUT2D eigenvalue weighted by Gasteiger charge is 2.30. The molecule has 1 aromatic carbocycles. The van der Waals surface area contributed by atoms with Crippen molar-refractivity contribution >= 4 is 0 Å². The van der Waals surface area contributed by atoms with E-state index in [0.29, 0.717) is 5.41 Å². The van der Waals surface area contributed by atoms with E-state index in [0.717, 1.165) is 18.3 Å². The van der Waals surface area contributed by atoms with Gasteiger partial charge in [0, 0.05) is 0 Å². The number of rotatable bonds is 5. The molecular weight excluding hydrogens is 232 g/mol. The largest absolute Gasteiger partial charge is 0.494 e. The zero-order chi connectivity index (χ0) is 13.7. The minimum Gasteiger partial charge on any atom is -0.494 e. The molecule has 1 heteroatoms. The highest BCUT2D eigenvalue weighted by Crippen LogP contribution is 2.45. The summed E-state index contributed by atoms with van der Waals surface area (Å²) in [5.74, 6) is 1.76. The van der Waals surface area contributed by atoms with E-state index in [-0.39, 0.29) is 0 Å². The van der Waals surface area contributed by atoms with Gasteiger partial charge in [0.1, 0.15) is 5.75 Å². The van der Waals surface area contributed by atoms with Gasteiger partial charge in [-0.25, -0.2) is 0 Å². The SMILES string of the molecule is CCC[C@]1(C)CC[C@H](c2ccc(OCC)cc2)CC1. The van der Waals surface area contributed by atoms with Crippen molar-refractivity contribution in [3.63, 3.8) is 0 Å². The zero-order valence-corrected chi connectivity index (χ0v) is 12.7. The molecule has 0 aromatic heterocycles. The van der Waals surface area contributed by atoms with Crippen LogP contribution >= 0.6 is 0 Å². The lowest BCUT2D eigenvalue weighted by molar-refractivity contribution is 0.182. The number of hydrogen-bond acceptors (Lipinski definition) is 1. The minimum absolute atomic E-state index is 0.608. The molecule has 0 atom stereocenters. The van der Waals surface area contributed by atoms with Crippen molar-refractivity contribution in [1.29, 1.82) is 0 Å². The van der Waals surface area contributed by atoms with Gasteiger partial charge in [0.05, 0.1) is 6.61 Å². The first-order valence-electron chi connectivity index (χ1n) is 7.89. The second-order valence-corrected chi connectivity index (χ2v) is 6.34. The summed E-state index contributed by atoms with van der Waals surface area (Å²) in [7, 11) is 0. The molecule has 1 aromatic rings. The number of benzene rings is 1. The van der Waals surface area contributed by atoms with Gasteiger partial charge in [0.25, 0.3) is 0 Å². The van der Waals surface area contributed by atoms with Gasteiger partial charge in [-0.3, -0.25) is 0 Å². The molecule has 0 saturated heterocycles. The van der Waals surface area contributed by atoms with Gasteiger partial charge >= 0.3 is 0 Å². The fourth-order valence-corrected chi connectivity index (χ4v) is 3.50. The van der Waals surface area contributed by atoms with E-state index in [1.54, 1.807) is 0 Å². The Kier molecular flexibility index (Phi) is 4.90. The molecule has 0 spiro atoms. The Balaban J connectivity index is 1.93. The van der Waals surface area contributed by atoms with Crippen molar-refractivity contribution < 1.29 is 4.74 Å². The first-order valence-corrected chi connectivity index (χ1v) is 7.89. The van der Waals surface area contributed by atoms with Crippen molar-refractivity contribution in [2.45, 2.75) is 65.2 Å². The molecule has 0 aliphatic heterocycles. The van der Waals surface area contributed by atoms with Gasteiger partial charge in [0.2, 0.25) is 0 Å². The molecule has 0 heterocycles. The van der Waals surface area contributed by atoms with Crippen LogP contribution in [0.3, 0.4) is 0 Å². The van der Waals surface area contributed by atoms with Crippen LogP contribution in [0.25, 0.3) is 0 Å². The van der Waals surface area contributed by atoms with Crippen LogP contribution in [0.4, 0.5) is 0 Å². The average molecular weight is 260 g/mol. The Hall–Kier alpha value is -0.980. The Morgan fingerprint density at radius 1 is 1.11 bits per heavy atom. The van der Waals surface area contributed by atoms with E-state index in [9.17, 15) is 0 Å².